The Kier molecular flexibility index (Phi) is 5.57. The van der Waals surface area contributed by atoms with E-state index in [1.54, 1.807) is 49.6 Å². The van der Waals surface area contributed by atoms with E-state index in [2.05, 4.69) is 10.3 Å². The highest BCUT2D eigenvalue weighted by atomic mass is 32.3. The molecule has 10 heteroatoms. The van der Waals surface area contributed by atoms with Gasteiger partial charge in [0.25, 0.3) is 0 Å². The van der Waals surface area contributed by atoms with E-state index in [1.807, 2.05) is 0 Å². The molecule has 1 aromatic carbocycles. The number of thiophene rings is 1. The predicted octanol–water partition coefficient (Wildman–Crippen LogP) is 4.75. The topological polar surface area (TPSA) is 116 Å². The maximum absolute atomic E-state index is 13.0. The van der Waals surface area contributed by atoms with Crippen molar-refractivity contribution < 1.29 is 21.8 Å². The minimum atomic E-state index is -4.16. The molecule has 8 nitrogen and oxygen atoms in total. The zero-order valence-corrected chi connectivity index (χ0v) is 20.6. The number of carbonyl (C=O) groups is 1. The van der Waals surface area contributed by atoms with Crippen LogP contribution in [0.1, 0.15) is 36.7 Å². The van der Waals surface area contributed by atoms with Crippen LogP contribution in [-0.4, -0.2) is 19.2 Å². The number of para-hydroxylation sites is 1. The molecule has 5 rings (SSSR count). The van der Waals surface area contributed by atoms with Gasteiger partial charge in [0.2, 0.25) is 5.88 Å². The van der Waals surface area contributed by atoms with Crippen LogP contribution in [0.4, 0.5) is 5.69 Å². The van der Waals surface area contributed by atoms with E-state index < -0.39 is 16.0 Å². The van der Waals surface area contributed by atoms with Crippen molar-refractivity contribution in [3.05, 3.63) is 92.4 Å². The molecule has 178 valence electrons. The fourth-order valence-electron chi connectivity index (χ4n) is 4.41. The Balaban J connectivity index is 1.80. The van der Waals surface area contributed by atoms with Crippen molar-refractivity contribution in [2.75, 3.05) is 5.32 Å². The Morgan fingerprint density at radius 3 is 2.69 bits per heavy atom. The van der Waals surface area contributed by atoms with Crippen molar-refractivity contribution in [2.24, 2.45) is 0 Å². The monoisotopic (exact) mass is 508 g/mol. The maximum atomic E-state index is 13.0. The molecule has 35 heavy (non-hydrogen) atoms. The second-order valence-corrected chi connectivity index (χ2v) is 10.9. The summed E-state index contributed by atoms with van der Waals surface area (Å²) in [4.78, 5) is 29.8. The molecule has 0 aliphatic carbocycles. The largest absolute Gasteiger partial charge is 0.461 e. The Morgan fingerprint density at radius 1 is 1.17 bits per heavy atom. The van der Waals surface area contributed by atoms with Crippen LogP contribution in [0.5, 0.6) is 5.88 Å². The van der Waals surface area contributed by atoms with E-state index in [0.29, 0.717) is 44.8 Å². The van der Waals surface area contributed by atoms with Crippen LogP contribution in [0.15, 0.2) is 78.7 Å². The minimum absolute atomic E-state index is 0.0301. The summed E-state index contributed by atoms with van der Waals surface area (Å²) >= 11 is 1.03. The van der Waals surface area contributed by atoms with E-state index in [0.717, 1.165) is 11.3 Å². The van der Waals surface area contributed by atoms with Gasteiger partial charge in [0.05, 0.1) is 16.9 Å². The minimum Gasteiger partial charge on any atom is -0.461 e. The highest BCUT2D eigenvalue weighted by molar-refractivity contribution is 7.89. The smallest absolute Gasteiger partial charge is 0.350 e. The number of ketones is 1. The molecule has 1 unspecified atom stereocenters. The van der Waals surface area contributed by atoms with Crippen molar-refractivity contribution >= 4 is 43.9 Å². The average molecular weight is 509 g/mol. The van der Waals surface area contributed by atoms with Crippen LogP contribution in [0, 0.1) is 6.92 Å². The van der Waals surface area contributed by atoms with E-state index >= 15 is 0 Å². The van der Waals surface area contributed by atoms with Crippen LogP contribution in [-0.2, 0) is 14.9 Å². The number of nitrogens with zero attached hydrogens (tertiary/aromatic N) is 1. The fraction of sp³-hybridized carbons (Fsp3) is 0.160. The number of benzene rings is 1. The SMILES string of the molecule is CC(=O)C1=C(C)Nc2ccnc(OS(=O)(=O)c3cccs3)c2C1c1cccc2c(=O)cc(C)oc12. The fourth-order valence-corrected chi connectivity index (χ4v) is 6.27. The summed E-state index contributed by atoms with van der Waals surface area (Å²) in [6, 6.07) is 11.2. The Labute approximate surface area is 205 Å². The van der Waals surface area contributed by atoms with Crippen molar-refractivity contribution in [1.82, 2.24) is 4.98 Å². The van der Waals surface area contributed by atoms with Crippen LogP contribution in [0.25, 0.3) is 11.0 Å². The summed E-state index contributed by atoms with van der Waals surface area (Å²) in [7, 11) is -4.16. The predicted molar refractivity (Wildman–Crippen MR) is 132 cm³/mol. The molecule has 1 aliphatic rings. The van der Waals surface area contributed by atoms with Gasteiger partial charge in [0.15, 0.2) is 15.4 Å². The number of allylic oxidation sites excluding steroid dienone is 2. The normalized spacial score (nSPS) is 15.6. The van der Waals surface area contributed by atoms with E-state index in [1.165, 1.54) is 25.3 Å². The molecular formula is C25H20N2O6S2. The lowest BCUT2D eigenvalue weighted by atomic mass is 9.79. The quantitative estimate of drug-likeness (QED) is 0.384. The maximum Gasteiger partial charge on any atom is 0.350 e. The number of carbonyl (C=O) groups excluding carboxylic acids is 1. The molecule has 0 saturated heterocycles. The Hall–Kier alpha value is -3.76. The average Bonchev–Trinajstić information content (AvgIpc) is 3.34. The van der Waals surface area contributed by atoms with Gasteiger partial charge >= 0.3 is 10.1 Å². The van der Waals surface area contributed by atoms with Crippen molar-refractivity contribution in [2.45, 2.75) is 30.9 Å². The molecule has 0 radical (unpaired) electrons. The number of aromatic nitrogens is 1. The van der Waals surface area contributed by atoms with Crippen molar-refractivity contribution in [3.63, 3.8) is 0 Å². The van der Waals surface area contributed by atoms with Gasteiger partial charge in [-0.25, -0.2) is 4.98 Å². The van der Waals surface area contributed by atoms with Gasteiger partial charge in [0, 0.05) is 34.8 Å². The third-order valence-electron chi connectivity index (χ3n) is 5.79. The van der Waals surface area contributed by atoms with E-state index in [4.69, 9.17) is 8.60 Å². The first-order valence-electron chi connectivity index (χ1n) is 10.7. The standard InChI is InChI=1S/C25H20N2O6S2/c1-13-12-19(29)16-6-4-7-17(24(16)32-13)22-21(15(3)28)14(2)27-18-9-10-26-25(23(18)22)33-35(30,31)20-8-5-11-34-20/h4-12,22,27H,1-3H3. The lowest BCUT2D eigenvalue weighted by molar-refractivity contribution is -0.113. The van der Waals surface area contributed by atoms with Gasteiger partial charge in [-0.05, 0) is 44.4 Å². The summed E-state index contributed by atoms with van der Waals surface area (Å²) in [5, 5.41) is 5.16. The first-order valence-corrected chi connectivity index (χ1v) is 12.9. The number of aryl methyl sites for hydroxylation is 1. The Morgan fingerprint density at radius 2 is 1.97 bits per heavy atom. The molecule has 4 heterocycles. The number of Topliss-reactive ketones (excluding diaryl/α,β-unsaturated/α-hetero) is 1. The molecule has 0 spiro atoms. The summed E-state index contributed by atoms with van der Waals surface area (Å²) in [5.41, 5.74) is 2.52. The molecule has 4 aromatic rings. The number of fused-ring (bicyclic) bond motifs is 2. The van der Waals surface area contributed by atoms with Crippen LogP contribution in [0.3, 0.4) is 0 Å². The molecular weight excluding hydrogens is 488 g/mol. The van der Waals surface area contributed by atoms with Gasteiger partial charge in [-0.1, -0.05) is 18.2 Å². The summed E-state index contributed by atoms with van der Waals surface area (Å²) in [6.07, 6.45) is 1.43. The van der Waals surface area contributed by atoms with Crippen LogP contribution >= 0.6 is 11.3 Å². The van der Waals surface area contributed by atoms with Crippen molar-refractivity contribution in [3.8, 4) is 5.88 Å². The van der Waals surface area contributed by atoms with Crippen molar-refractivity contribution in [1.29, 1.82) is 0 Å². The molecule has 0 bridgehead atoms. The molecule has 0 saturated carbocycles. The lowest BCUT2D eigenvalue weighted by Crippen LogP contribution is -2.24. The second kappa shape index (κ2) is 8.47. The molecule has 1 atom stereocenters. The number of rotatable bonds is 5. The van der Waals surface area contributed by atoms with E-state index in [-0.39, 0.29) is 21.3 Å². The summed E-state index contributed by atoms with van der Waals surface area (Å²) in [6.45, 7) is 4.87. The first-order chi connectivity index (χ1) is 16.7. The number of hydrogen-bond acceptors (Lipinski definition) is 9. The number of pyridine rings is 1. The van der Waals surface area contributed by atoms with Gasteiger partial charge in [-0.3, -0.25) is 9.59 Å². The summed E-state index contributed by atoms with van der Waals surface area (Å²) < 4.78 is 37.5. The molecule has 0 amide bonds. The third-order valence-corrected chi connectivity index (χ3v) is 8.35. The second-order valence-electron chi connectivity index (χ2n) is 8.14. The summed E-state index contributed by atoms with van der Waals surface area (Å²) in [5.74, 6) is -0.767. The lowest BCUT2D eigenvalue weighted by Gasteiger charge is -2.31. The highest BCUT2D eigenvalue weighted by Crippen LogP contribution is 2.47. The zero-order chi connectivity index (χ0) is 24.9. The molecule has 0 fully saturated rings. The van der Waals surface area contributed by atoms with Gasteiger partial charge in [-0.2, -0.15) is 8.42 Å². The molecule has 1 N–H and O–H groups in total. The third kappa shape index (κ3) is 3.94. The first kappa shape index (κ1) is 23.0. The number of anilines is 1. The Bertz CT molecular complexity index is 1680. The zero-order valence-electron chi connectivity index (χ0n) is 19.0. The van der Waals surface area contributed by atoms with Crippen LogP contribution in [0.2, 0.25) is 0 Å². The van der Waals surface area contributed by atoms with Gasteiger partial charge in [0.1, 0.15) is 11.3 Å². The van der Waals surface area contributed by atoms with E-state index in [9.17, 15) is 18.0 Å². The van der Waals surface area contributed by atoms with Gasteiger partial charge < -0.3 is 13.9 Å². The molecule has 1 aliphatic heterocycles. The molecule has 3 aromatic heterocycles. The number of hydrogen-bond donors (Lipinski definition) is 1. The van der Waals surface area contributed by atoms with Crippen LogP contribution < -0.4 is 14.9 Å². The number of nitrogens with one attached hydrogen (secondary N) is 1. The highest BCUT2D eigenvalue weighted by Gasteiger charge is 2.37. The van der Waals surface area contributed by atoms with Gasteiger partial charge in [-0.15, -0.1) is 11.3 Å².